The van der Waals surface area contributed by atoms with Gasteiger partial charge < -0.3 is 19.9 Å². The predicted octanol–water partition coefficient (Wildman–Crippen LogP) is 5.07. The zero-order valence-electron chi connectivity index (χ0n) is 22.0. The number of morpholine rings is 1. The molecule has 194 valence electrons. The molecule has 1 fully saturated rings. The third-order valence-corrected chi connectivity index (χ3v) is 6.74. The van der Waals surface area contributed by atoms with Crippen molar-refractivity contribution in [3.63, 3.8) is 0 Å². The highest BCUT2D eigenvalue weighted by Crippen LogP contribution is 2.22. The number of nitrogens with one attached hydrogen (secondary N) is 1. The largest absolute Gasteiger partial charge is 0.378 e. The lowest BCUT2D eigenvalue weighted by Gasteiger charge is -2.34. The first kappa shape index (κ1) is 26.4. The van der Waals surface area contributed by atoms with Crippen LogP contribution >= 0.6 is 0 Å². The normalized spacial score (nSPS) is 14.3. The van der Waals surface area contributed by atoms with E-state index in [-0.39, 0.29) is 24.2 Å². The molecular weight excluding hydrogens is 462 g/mol. The Morgan fingerprint density at radius 3 is 2.16 bits per heavy atom. The molecule has 0 spiro atoms. The number of rotatable bonds is 9. The summed E-state index contributed by atoms with van der Waals surface area (Å²) in [5, 5.41) is 3.07. The van der Waals surface area contributed by atoms with E-state index in [0.717, 1.165) is 54.4 Å². The summed E-state index contributed by atoms with van der Waals surface area (Å²) in [6.45, 7) is 9.56. The highest BCUT2D eigenvalue weighted by atomic mass is 16.5. The van der Waals surface area contributed by atoms with Crippen LogP contribution in [0.1, 0.15) is 30.5 Å². The summed E-state index contributed by atoms with van der Waals surface area (Å²) in [5.74, 6) is -0.316. The van der Waals surface area contributed by atoms with Crippen LogP contribution in [0, 0.1) is 12.8 Å². The molecule has 1 aliphatic rings. The Morgan fingerprint density at radius 2 is 1.54 bits per heavy atom. The van der Waals surface area contributed by atoms with Gasteiger partial charge >= 0.3 is 0 Å². The summed E-state index contributed by atoms with van der Waals surface area (Å²) >= 11 is 0. The lowest BCUT2D eigenvalue weighted by molar-refractivity contribution is -0.140. The monoisotopic (exact) mass is 499 g/mol. The molecule has 37 heavy (non-hydrogen) atoms. The van der Waals surface area contributed by atoms with Gasteiger partial charge in [0, 0.05) is 31.0 Å². The number of hydrogen-bond donors (Lipinski definition) is 1. The molecule has 0 saturated carbocycles. The van der Waals surface area contributed by atoms with Crippen molar-refractivity contribution in [1.82, 2.24) is 4.90 Å². The average molecular weight is 500 g/mol. The predicted molar refractivity (Wildman–Crippen MR) is 149 cm³/mol. The molecule has 2 amide bonds. The van der Waals surface area contributed by atoms with E-state index in [1.807, 2.05) is 99.6 Å². The third kappa shape index (κ3) is 7.20. The maximum atomic E-state index is 13.7. The molecule has 1 N–H and O–H groups in total. The van der Waals surface area contributed by atoms with Gasteiger partial charge in [0.2, 0.25) is 11.8 Å². The molecule has 1 unspecified atom stereocenters. The van der Waals surface area contributed by atoms with Crippen LogP contribution in [0.2, 0.25) is 0 Å². The lowest BCUT2D eigenvalue weighted by Crippen LogP contribution is -2.50. The summed E-state index contributed by atoms with van der Waals surface area (Å²) in [6, 6.07) is 25.1. The number of nitrogens with zero attached hydrogens (tertiary/aromatic N) is 2. The Bertz CT molecular complexity index is 1150. The molecule has 3 aromatic rings. The fourth-order valence-corrected chi connectivity index (χ4v) is 4.70. The molecule has 3 aromatic carbocycles. The van der Waals surface area contributed by atoms with Crippen LogP contribution in [0.15, 0.2) is 78.9 Å². The zero-order valence-corrected chi connectivity index (χ0v) is 22.0. The van der Waals surface area contributed by atoms with Gasteiger partial charge in [-0.3, -0.25) is 9.59 Å². The molecule has 1 atom stereocenters. The first-order valence-electron chi connectivity index (χ1n) is 13.0. The minimum absolute atomic E-state index is 0.0664. The summed E-state index contributed by atoms with van der Waals surface area (Å²) in [5.41, 5.74) is 4.92. The Labute approximate surface area is 220 Å². The minimum Gasteiger partial charge on any atom is -0.378 e. The number of carbonyl (C=O) groups is 2. The fourth-order valence-electron chi connectivity index (χ4n) is 4.70. The van der Waals surface area contributed by atoms with Crippen molar-refractivity contribution >= 4 is 23.2 Å². The van der Waals surface area contributed by atoms with Crippen LogP contribution in [0.5, 0.6) is 0 Å². The molecule has 6 heteroatoms. The number of hydrogen-bond acceptors (Lipinski definition) is 4. The van der Waals surface area contributed by atoms with Gasteiger partial charge in [-0.1, -0.05) is 74.0 Å². The number of ether oxygens (including phenoxy) is 1. The van der Waals surface area contributed by atoms with Crippen LogP contribution in [0.3, 0.4) is 0 Å². The van der Waals surface area contributed by atoms with E-state index in [1.54, 1.807) is 4.90 Å². The van der Waals surface area contributed by atoms with Gasteiger partial charge in [-0.05, 0) is 48.2 Å². The second-order valence-electron chi connectivity index (χ2n) is 9.99. The van der Waals surface area contributed by atoms with Gasteiger partial charge in [-0.15, -0.1) is 0 Å². The molecule has 1 heterocycles. The van der Waals surface area contributed by atoms with Crippen molar-refractivity contribution in [2.75, 3.05) is 36.5 Å². The van der Waals surface area contributed by atoms with Gasteiger partial charge in [-0.25, -0.2) is 0 Å². The summed E-state index contributed by atoms with van der Waals surface area (Å²) in [6.07, 6.45) is 0.247. The summed E-state index contributed by atoms with van der Waals surface area (Å²) in [7, 11) is 0. The van der Waals surface area contributed by atoms with Crippen molar-refractivity contribution < 1.29 is 14.3 Å². The highest BCUT2D eigenvalue weighted by molar-refractivity contribution is 5.97. The number of amides is 2. The molecule has 0 radical (unpaired) electrons. The standard InChI is InChI=1S/C31H37N3O3/c1-23(2)30(31(36)32-27-13-15-28(16-14-27)33-17-19-37-20-18-33)34(22-26-11-9-24(3)10-12-26)29(35)21-25-7-5-4-6-8-25/h4-16,23,30H,17-22H2,1-3H3,(H,32,36). The van der Waals surface area contributed by atoms with Crippen molar-refractivity contribution in [3.8, 4) is 0 Å². The average Bonchev–Trinajstić information content (AvgIpc) is 2.91. The topological polar surface area (TPSA) is 61.9 Å². The Morgan fingerprint density at radius 1 is 0.892 bits per heavy atom. The Hall–Kier alpha value is -3.64. The number of anilines is 2. The molecule has 1 aliphatic heterocycles. The quantitative estimate of drug-likeness (QED) is 0.447. The number of benzene rings is 3. The number of carbonyl (C=O) groups excluding carboxylic acids is 2. The lowest BCUT2D eigenvalue weighted by atomic mass is 9.98. The van der Waals surface area contributed by atoms with Gasteiger partial charge in [0.1, 0.15) is 6.04 Å². The van der Waals surface area contributed by atoms with Crippen LogP contribution in [0.4, 0.5) is 11.4 Å². The second kappa shape index (κ2) is 12.5. The van der Waals surface area contributed by atoms with E-state index in [9.17, 15) is 9.59 Å². The van der Waals surface area contributed by atoms with Crippen molar-refractivity contribution in [3.05, 3.63) is 95.6 Å². The summed E-state index contributed by atoms with van der Waals surface area (Å²) in [4.78, 5) is 31.3. The molecule has 4 rings (SSSR count). The first-order chi connectivity index (χ1) is 17.9. The maximum Gasteiger partial charge on any atom is 0.247 e. The van der Waals surface area contributed by atoms with Crippen molar-refractivity contribution in [2.45, 2.75) is 39.8 Å². The Balaban J connectivity index is 1.54. The molecule has 6 nitrogen and oxygen atoms in total. The van der Waals surface area contributed by atoms with E-state index in [0.29, 0.717) is 6.54 Å². The van der Waals surface area contributed by atoms with E-state index >= 15 is 0 Å². The van der Waals surface area contributed by atoms with Crippen LogP contribution in [-0.2, 0) is 27.3 Å². The molecular formula is C31H37N3O3. The van der Waals surface area contributed by atoms with Crippen LogP contribution in [-0.4, -0.2) is 49.1 Å². The first-order valence-corrected chi connectivity index (χ1v) is 13.0. The highest BCUT2D eigenvalue weighted by Gasteiger charge is 2.32. The van der Waals surface area contributed by atoms with Gasteiger partial charge in [0.15, 0.2) is 0 Å². The van der Waals surface area contributed by atoms with Gasteiger partial charge in [0.05, 0.1) is 19.6 Å². The molecule has 0 aliphatic carbocycles. The number of aryl methyl sites for hydroxylation is 1. The van der Waals surface area contributed by atoms with Gasteiger partial charge in [0.25, 0.3) is 0 Å². The Kier molecular flexibility index (Phi) is 8.96. The van der Waals surface area contributed by atoms with Crippen molar-refractivity contribution in [1.29, 1.82) is 0 Å². The molecule has 0 aromatic heterocycles. The van der Waals surface area contributed by atoms with Crippen LogP contribution in [0.25, 0.3) is 0 Å². The maximum absolute atomic E-state index is 13.7. The fraction of sp³-hybridized carbons (Fsp3) is 0.355. The van der Waals surface area contributed by atoms with E-state index < -0.39 is 6.04 Å². The van der Waals surface area contributed by atoms with E-state index in [4.69, 9.17) is 4.74 Å². The van der Waals surface area contributed by atoms with E-state index in [2.05, 4.69) is 10.2 Å². The zero-order chi connectivity index (χ0) is 26.2. The van der Waals surface area contributed by atoms with E-state index in [1.165, 1.54) is 0 Å². The smallest absolute Gasteiger partial charge is 0.247 e. The van der Waals surface area contributed by atoms with Crippen LogP contribution < -0.4 is 10.2 Å². The summed E-state index contributed by atoms with van der Waals surface area (Å²) < 4.78 is 5.44. The van der Waals surface area contributed by atoms with Gasteiger partial charge in [-0.2, -0.15) is 0 Å². The second-order valence-corrected chi connectivity index (χ2v) is 9.99. The SMILES string of the molecule is Cc1ccc(CN(C(=O)Cc2ccccc2)C(C(=O)Nc2ccc(N3CCOCC3)cc2)C(C)C)cc1. The van der Waals surface area contributed by atoms with Crippen molar-refractivity contribution in [2.24, 2.45) is 5.92 Å². The minimum atomic E-state index is -0.614. The molecule has 0 bridgehead atoms. The third-order valence-electron chi connectivity index (χ3n) is 6.74. The molecule has 1 saturated heterocycles.